The molecule has 118 valence electrons. The first kappa shape index (κ1) is 15.4. The number of anilines is 1. The molecule has 1 aliphatic carbocycles. The molecule has 1 saturated carbocycles. The van der Waals surface area contributed by atoms with Gasteiger partial charge in [-0.25, -0.2) is 4.68 Å². The van der Waals surface area contributed by atoms with Crippen molar-refractivity contribution in [1.29, 1.82) is 0 Å². The van der Waals surface area contributed by atoms with Crippen molar-refractivity contribution in [1.82, 2.24) is 9.78 Å². The summed E-state index contributed by atoms with van der Waals surface area (Å²) in [5, 5.41) is 8.87. The first-order valence-electron chi connectivity index (χ1n) is 8.07. The Morgan fingerprint density at radius 3 is 2.64 bits per heavy atom. The molecule has 3 N–H and O–H groups in total. The van der Waals surface area contributed by atoms with Crippen LogP contribution in [0, 0.1) is 0 Å². The molecule has 0 radical (unpaired) electrons. The second-order valence-corrected chi connectivity index (χ2v) is 6.32. The van der Waals surface area contributed by atoms with Crippen molar-refractivity contribution in [2.75, 3.05) is 18.4 Å². The molecule has 3 rings (SSSR count). The molecule has 4 nitrogen and oxygen atoms in total. The van der Waals surface area contributed by atoms with Gasteiger partial charge < -0.3 is 11.1 Å². The second kappa shape index (κ2) is 7.16. The average Bonchev–Trinajstić information content (AvgIpc) is 3.17. The molecule has 1 heterocycles. The molecular weight excluding hydrogens is 296 g/mol. The average molecular weight is 319 g/mol. The molecule has 0 saturated heterocycles. The molecule has 0 amide bonds. The highest BCUT2D eigenvalue weighted by Crippen LogP contribution is 2.38. The van der Waals surface area contributed by atoms with E-state index >= 15 is 0 Å². The van der Waals surface area contributed by atoms with Crippen LogP contribution in [0.4, 0.5) is 5.69 Å². The van der Waals surface area contributed by atoms with Gasteiger partial charge in [-0.1, -0.05) is 24.4 Å². The second-order valence-electron chi connectivity index (χ2n) is 5.88. The summed E-state index contributed by atoms with van der Waals surface area (Å²) >= 11 is 6.00. The van der Waals surface area contributed by atoms with Crippen molar-refractivity contribution in [3.05, 3.63) is 41.2 Å². The van der Waals surface area contributed by atoms with Gasteiger partial charge in [0.2, 0.25) is 0 Å². The van der Waals surface area contributed by atoms with Crippen LogP contribution in [-0.2, 0) is 0 Å². The third kappa shape index (κ3) is 3.28. The highest BCUT2D eigenvalue weighted by Gasteiger charge is 2.25. The van der Waals surface area contributed by atoms with Gasteiger partial charge in [-0.3, -0.25) is 0 Å². The van der Waals surface area contributed by atoms with Crippen molar-refractivity contribution in [2.24, 2.45) is 5.73 Å². The van der Waals surface area contributed by atoms with Crippen LogP contribution in [0.5, 0.6) is 0 Å². The summed E-state index contributed by atoms with van der Waals surface area (Å²) in [6.07, 6.45) is 8.00. The number of hydrogen-bond acceptors (Lipinski definition) is 3. The SMILES string of the molecule is NCCCNc1cnn(-c2ccc(Cl)cc2)c1C1CCCC1. The number of benzene rings is 1. The lowest BCUT2D eigenvalue weighted by Gasteiger charge is -2.16. The lowest BCUT2D eigenvalue weighted by atomic mass is 10.0. The summed E-state index contributed by atoms with van der Waals surface area (Å²) in [6.45, 7) is 1.60. The summed E-state index contributed by atoms with van der Waals surface area (Å²) in [4.78, 5) is 0. The summed E-state index contributed by atoms with van der Waals surface area (Å²) in [5.74, 6) is 0.582. The lowest BCUT2D eigenvalue weighted by molar-refractivity contribution is 0.655. The zero-order chi connectivity index (χ0) is 15.4. The van der Waals surface area contributed by atoms with E-state index in [2.05, 4.69) is 15.1 Å². The third-order valence-corrected chi connectivity index (χ3v) is 4.57. The molecule has 1 aromatic heterocycles. The molecule has 1 aromatic carbocycles. The minimum atomic E-state index is 0.582. The lowest BCUT2D eigenvalue weighted by Crippen LogP contribution is -2.11. The highest BCUT2D eigenvalue weighted by atomic mass is 35.5. The minimum Gasteiger partial charge on any atom is -0.382 e. The summed E-state index contributed by atoms with van der Waals surface area (Å²) in [5.41, 5.74) is 9.11. The van der Waals surface area contributed by atoms with E-state index in [0.29, 0.717) is 12.5 Å². The van der Waals surface area contributed by atoms with Crippen LogP contribution in [-0.4, -0.2) is 22.9 Å². The van der Waals surface area contributed by atoms with Crippen molar-refractivity contribution in [2.45, 2.75) is 38.0 Å². The fraction of sp³-hybridized carbons (Fsp3) is 0.471. The topological polar surface area (TPSA) is 55.9 Å². The first-order chi connectivity index (χ1) is 10.8. The van der Waals surface area contributed by atoms with E-state index in [1.807, 2.05) is 30.5 Å². The quantitative estimate of drug-likeness (QED) is 0.793. The number of nitrogens with one attached hydrogen (secondary N) is 1. The summed E-state index contributed by atoms with van der Waals surface area (Å²) in [6, 6.07) is 7.88. The fourth-order valence-corrected chi connectivity index (χ4v) is 3.33. The number of nitrogens with two attached hydrogens (primary N) is 1. The van der Waals surface area contributed by atoms with Crippen LogP contribution in [0.1, 0.15) is 43.7 Å². The molecule has 0 atom stereocenters. The molecule has 2 aromatic rings. The Bertz CT molecular complexity index is 600. The van der Waals surface area contributed by atoms with Gasteiger partial charge in [-0.2, -0.15) is 5.10 Å². The van der Waals surface area contributed by atoms with Crippen LogP contribution in [0.3, 0.4) is 0 Å². The third-order valence-electron chi connectivity index (χ3n) is 4.32. The van der Waals surface area contributed by atoms with E-state index in [0.717, 1.165) is 29.4 Å². The van der Waals surface area contributed by atoms with Gasteiger partial charge in [0, 0.05) is 17.5 Å². The Kier molecular flexibility index (Phi) is 5.01. The fourth-order valence-electron chi connectivity index (χ4n) is 3.20. The molecule has 22 heavy (non-hydrogen) atoms. The summed E-state index contributed by atoms with van der Waals surface area (Å²) < 4.78 is 2.07. The smallest absolute Gasteiger partial charge is 0.0766 e. The maximum absolute atomic E-state index is 6.00. The normalized spacial score (nSPS) is 15.4. The van der Waals surface area contributed by atoms with E-state index in [9.17, 15) is 0 Å². The van der Waals surface area contributed by atoms with Crippen molar-refractivity contribution >= 4 is 17.3 Å². The van der Waals surface area contributed by atoms with Crippen LogP contribution in [0.2, 0.25) is 5.02 Å². The Hall–Kier alpha value is -1.52. The molecule has 0 aliphatic heterocycles. The molecule has 1 aliphatic rings. The van der Waals surface area contributed by atoms with Crippen molar-refractivity contribution in [3.63, 3.8) is 0 Å². The Balaban J connectivity index is 1.92. The predicted octanol–water partition coefficient (Wildman–Crippen LogP) is 3.94. The van der Waals surface area contributed by atoms with Gasteiger partial charge in [0.05, 0.1) is 23.3 Å². The minimum absolute atomic E-state index is 0.582. The monoisotopic (exact) mass is 318 g/mol. The van der Waals surface area contributed by atoms with E-state index < -0.39 is 0 Å². The van der Waals surface area contributed by atoms with E-state index in [1.54, 1.807) is 0 Å². The van der Waals surface area contributed by atoms with Crippen LogP contribution in [0.25, 0.3) is 5.69 Å². The van der Waals surface area contributed by atoms with Gasteiger partial charge in [0.1, 0.15) is 0 Å². The maximum Gasteiger partial charge on any atom is 0.0766 e. The maximum atomic E-state index is 6.00. The van der Waals surface area contributed by atoms with Crippen molar-refractivity contribution in [3.8, 4) is 5.69 Å². The van der Waals surface area contributed by atoms with Gasteiger partial charge in [0.25, 0.3) is 0 Å². The zero-order valence-corrected chi connectivity index (χ0v) is 13.5. The number of nitrogens with zero attached hydrogens (tertiary/aromatic N) is 2. The van der Waals surface area contributed by atoms with Crippen LogP contribution < -0.4 is 11.1 Å². The number of aromatic nitrogens is 2. The van der Waals surface area contributed by atoms with Crippen LogP contribution >= 0.6 is 11.6 Å². The predicted molar refractivity (Wildman–Crippen MR) is 91.9 cm³/mol. The largest absolute Gasteiger partial charge is 0.382 e. The molecule has 1 fully saturated rings. The summed E-state index contributed by atoms with van der Waals surface area (Å²) in [7, 11) is 0. The van der Waals surface area contributed by atoms with Gasteiger partial charge in [-0.15, -0.1) is 0 Å². The van der Waals surface area contributed by atoms with Crippen molar-refractivity contribution < 1.29 is 0 Å². The molecule has 0 unspecified atom stereocenters. The Labute approximate surface area is 136 Å². The van der Waals surface area contributed by atoms with Gasteiger partial charge in [-0.05, 0) is 50.1 Å². The highest BCUT2D eigenvalue weighted by molar-refractivity contribution is 6.30. The zero-order valence-electron chi connectivity index (χ0n) is 12.8. The number of rotatable bonds is 6. The molecule has 5 heteroatoms. The molecule has 0 bridgehead atoms. The number of halogens is 1. The standard InChI is InChI=1S/C17H23ClN4/c18-14-6-8-15(9-7-14)22-17(13-4-1-2-5-13)16(12-21-22)20-11-3-10-19/h6-9,12-13,20H,1-5,10-11,19H2. The Morgan fingerprint density at radius 1 is 1.23 bits per heavy atom. The van der Waals surface area contributed by atoms with E-state index in [4.69, 9.17) is 17.3 Å². The van der Waals surface area contributed by atoms with E-state index in [-0.39, 0.29) is 0 Å². The Morgan fingerprint density at radius 2 is 1.95 bits per heavy atom. The number of hydrogen-bond donors (Lipinski definition) is 2. The van der Waals surface area contributed by atoms with E-state index in [1.165, 1.54) is 31.4 Å². The van der Waals surface area contributed by atoms with Gasteiger partial charge in [0.15, 0.2) is 0 Å². The van der Waals surface area contributed by atoms with Gasteiger partial charge >= 0.3 is 0 Å². The first-order valence-corrected chi connectivity index (χ1v) is 8.45. The molecule has 0 spiro atoms. The molecular formula is C17H23ClN4. The van der Waals surface area contributed by atoms with Crippen LogP contribution in [0.15, 0.2) is 30.5 Å².